The SMILES string of the molecule is Cc1ccc(S(=O)(=O)Oc2cc(Br)ccc2S)cc1. The first-order valence-electron chi connectivity index (χ1n) is 5.38. The standard InChI is InChI=1S/C13H11BrO3S2/c1-9-2-5-11(6-3-9)19(15,16)17-12-8-10(14)4-7-13(12)18/h2-8,18H,1H3. The van der Waals surface area contributed by atoms with Gasteiger partial charge in [0.15, 0.2) is 5.75 Å². The Hall–Kier alpha value is -0.980. The minimum absolute atomic E-state index is 0.116. The van der Waals surface area contributed by atoms with E-state index in [9.17, 15) is 8.42 Å². The molecule has 6 heteroatoms. The fourth-order valence-corrected chi connectivity index (χ4v) is 2.95. The van der Waals surface area contributed by atoms with E-state index < -0.39 is 10.1 Å². The molecule has 0 aliphatic rings. The monoisotopic (exact) mass is 358 g/mol. The van der Waals surface area contributed by atoms with Crippen molar-refractivity contribution in [3.8, 4) is 5.75 Å². The first-order chi connectivity index (χ1) is 8.88. The summed E-state index contributed by atoms with van der Waals surface area (Å²) in [5, 5.41) is 0. The van der Waals surface area contributed by atoms with E-state index >= 15 is 0 Å². The van der Waals surface area contributed by atoms with Gasteiger partial charge in [0.25, 0.3) is 0 Å². The number of thiol groups is 1. The summed E-state index contributed by atoms with van der Waals surface area (Å²) < 4.78 is 30.0. The number of aryl methyl sites for hydroxylation is 1. The average molecular weight is 359 g/mol. The molecule has 0 N–H and O–H groups in total. The van der Waals surface area contributed by atoms with Gasteiger partial charge in [-0.1, -0.05) is 33.6 Å². The van der Waals surface area contributed by atoms with E-state index in [0.717, 1.165) is 10.0 Å². The van der Waals surface area contributed by atoms with Gasteiger partial charge in [-0.3, -0.25) is 0 Å². The number of halogens is 1. The van der Waals surface area contributed by atoms with Gasteiger partial charge in [0.2, 0.25) is 0 Å². The highest BCUT2D eigenvalue weighted by atomic mass is 79.9. The van der Waals surface area contributed by atoms with Crippen LogP contribution in [0.15, 0.2) is 56.7 Å². The van der Waals surface area contributed by atoms with Crippen molar-refractivity contribution in [2.24, 2.45) is 0 Å². The Morgan fingerprint density at radius 1 is 1.11 bits per heavy atom. The van der Waals surface area contributed by atoms with E-state index in [1.807, 2.05) is 6.92 Å². The quantitative estimate of drug-likeness (QED) is 0.669. The van der Waals surface area contributed by atoms with Crippen LogP contribution >= 0.6 is 28.6 Å². The Bertz CT molecular complexity index is 694. The van der Waals surface area contributed by atoms with Crippen LogP contribution in [-0.4, -0.2) is 8.42 Å². The number of hydrogen-bond donors (Lipinski definition) is 1. The fourth-order valence-electron chi connectivity index (χ4n) is 1.43. The predicted molar refractivity (Wildman–Crippen MR) is 80.4 cm³/mol. The molecule has 0 spiro atoms. The number of benzene rings is 2. The van der Waals surface area contributed by atoms with Crippen molar-refractivity contribution in [3.63, 3.8) is 0 Å². The summed E-state index contributed by atoms with van der Waals surface area (Å²) in [4.78, 5) is 0.574. The van der Waals surface area contributed by atoms with Gasteiger partial charge in [-0.05, 0) is 37.3 Å². The summed E-state index contributed by atoms with van der Waals surface area (Å²) in [5.74, 6) is 0.193. The summed E-state index contributed by atoms with van der Waals surface area (Å²) in [6, 6.07) is 11.5. The van der Waals surface area contributed by atoms with Crippen molar-refractivity contribution in [3.05, 3.63) is 52.5 Å². The minimum atomic E-state index is -3.84. The van der Waals surface area contributed by atoms with Crippen molar-refractivity contribution in [2.75, 3.05) is 0 Å². The summed E-state index contributed by atoms with van der Waals surface area (Å²) in [6.07, 6.45) is 0. The molecule has 2 aromatic rings. The van der Waals surface area contributed by atoms with Crippen molar-refractivity contribution in [1.29, 1.82) is 0 Å². The van der Waals surface area contributed by atoms with Crippen LogP contribution < -0.4 is 4.18 Å². The third kappa shape index (κ3) is 3.52. The second-order valence-electron chi connectivity index (χ2n) is 3.96. The lowest BCUT2D eigenvalue weighted by Gasteiger charge is -2.09. The van der Waals surface area contributed by atoms with Gasteiger partial charge in [-0.15, -0.1) is 12.6 Å². The molecule has 0 saturated carbocycles. The molecule has 0 aromatic heterocycles. The van der Waals surface area contributed by atoms with Crippen molar-refractivity contribution >= 4 is 38.7 Å². The average Bonchev–Trinajstić information content (AvgIpc) is 2.34. The summed E-state index contributed by atoms with van der Waals surface area (Å²) >= 11 is 7.44. The summed E-state index contributed by atoms with van der Waals surface area (Å²) in [5.41, 5.74) is 0.983. The van der Waals surface area contributed by atoms with Gasteiger partial charge in [0, 0.05) is 9.37 Å². The maximum absolute atomic E-state index is 12.1. The van der Waals surface area contributed by atoms with Gasteiger partial charge < -0.3 is 4.18 Å². The summed E-state index contributed by atoms with van der Waals surface area (Å²) in [7, 11) is -3.84. The molecule has 0 fully saturated rings. The van der Waals surface area contributed by atoms with Crippen LogP contribution in [0.1, 0.15) is 5.56 Å². The van der Waals surface area contributed by atoms with E-state index in [4.69, 9.17) is 4.18 Å². The van der Waals surface area contributed by atoms with Crippen LogP contribution in [-0.2, 0) is 10.1 Å². The van der Waals surface area contributed by atoms with Crippen LogP contribution in [0.3, 0.4) is 0 Å². The van der Waals surface area contributed by atoms with Gasteiger partial charge in [0.05, 0.1) is 0 Å². The van der Waals surface area contributed by atoms with E-state index in [1.165, 1.54) is 12.1 Å². The Balaban J connectivity index is 2.36. The molecule has 100 valence electrons. The molecule has 3 nitrogen and oxygen atoms in total. The third-order valence-electron chi connectivity index (χ3n) is 2.43. The number of rotatable bonds is 3. The highest BCUT2D eigenvalue weighted by Gasteiger charge is 2.17. The Labute approximate surface area is 126 Å². The largest absolute Gasteiger partial charge is 0.378 e. The molecule has 0 radical (unpaired) electrons. The van der Waals surface area contributed by atoms with Crippen LogP contribution in [0.5, 0.6) is 5.75 Å². The zero-order valence-corrected chi connectivity index (χ0v) is 13.3. The van der Waals surface area contributed by atoms with E-state index in [-0.39, 0.29) is 10.6 Å². The molecule has 0 bridgehead atoms. The van der Waals surface area contributed by atoms with Gasteiger partial charge in [0.1, 0.15) is 4.90 Å². The zero-order chi connectivity index (χ0) is 14.0. The Morgan fingerprint density at radius 3 is 2.37 bits per heavy atom. The molecule has 0 amide bonds. The first-order valence-corrected chi connectivity index (χ1v) is 8.03. The van der Waals surface area contributed by atoms with Crippen LogP contribution in [0, 0.1) is 6.92 Å². The zero-order valence-electron chi connectivity index (χ0n) is 10.00. The fraction of sp³-hybridized carbons (Fsp3) is 0.0769. The highest BCUT2D eigenvalue weighted by molar-refractivity contribution is 9.10. The van der Waals surface area contributed by atoms with E-state index in [0.29, 0.717) is 4.90 Å². The van der Waals surface area contributed by atoms with Crippen molar-refractivity contribution in [1.82, 2.24) is 0 Å². The van der Waals surface area contributed by atoms with Gasteiger partial charge in [-0.2, -0.15) is 8.42 Å². The lowest BCUT2D eigenvalue weighted by molar-refractivity contribution is 0.480. The molecule has 19 heavy (non-hydrogen) atoms. The Morgan fingerprint density at radius 2 is 1.74 bits per heavy atom. The highest BCUT2D eigenvalue weighted by Crippen LogP contribution is 2.29. The molecule has 0 unspecified atom stereocenters. The summed E-state index contributed by atoms with van der Waals surface area (Å²) in [6.45, 7) is 1.89. The van der Waals surface area contributed by atoms with E-state index in [2.05, 4.69) is 28.6 Å². The molecule has 0 saturated heterocycles. The molecule has 2 rings (SSSR count). The second-order valence-corrected chi connectivity index (χ2v) is 6.91. The molecular formula is C13H11BrO3S2. The second kappa shape index (κ2) is 5.56. The molecule has 0 aliphatic heterocycles. The van der Waals surface area contributed by atoms with Gasteiger partial charge >= 0.3 is 10.1 Å². The lowest BCUT2D eigenvalue weighted by Crippen LogP contribution is -2.10. The molecular weight excluding hydrogens is 348 g/mol. The molecule has 0 aliphatic carbocycles. The van der Waals surface area contributed by atoms with Crippen LogP contribution in [0.25, 0.3) is 0 Å². The molecule has 0 heterocycles. The van der Waals surface area contributed by atoms with E-state index in [1.54, 1.807) is 30.3 Å². The third-order valence-corrected chi connectivity index (χ3v) is 4.54. The lowest BCUT2D eigenvalue weighted by atomic mass is 10.2. The first kappa shape index (κ1) is 14.4. The normalized spacial score (nSPS) is 11.3. The maximum atomic E-state index is 12.1. The number of hydrogen-bond acceptors (Lipinski definition) is 4. The predicted octanol–water partition coefficient (Wildman–Crippen LogP) is 3.81. The van der Waals surface area contributed by atoms with Gasteiger partial charge in [-0.25, -0.2) is 0 Å². The minimum Gasteiger partial charge on any atom is -0.378 e. The molecule has 2 aromatic carbocycles. The molecule has 0 atom stereocenters. The van der Waals surface area contributed by atoms with Crippen LogP contribution in [0.4, 0.5) is 0 Å². The Kier molecular flexibility index (Phi) is 4.23. The smallest absolute Gasteiger partial charge is 0.339 e. The maximum Gasteiger partial charge on any atom is 0.339 e. The van der Waals surface area contributed by atoms with Crippen LogP contribution in [0.2, 0.25) is 0 Å². The van der Waals surface area contributed by atoms with Crippen molar-refractivity contribution in [2.45, 2.75) is 16.7 Å². The topological polar surface area (TPSA) is 43.4 Å². The van der Waals surface area contributed by atoms with Crippen molar-refractivity contribution < 1.29 is 12.6 Å².